The predicted molar refractivity (Wildman–Crippen MR) is 50.9 cm³/mol. The quantitative estimate of drug-likeness (QED) is 0.835. The molecule has 0 aromatic carbocycles. The molecule has 1 heterocycles. The highest BCUT2D eigenvalue weighted by Gasteiger charge is 2.44. The first-order chi connectivity index (χ1) is 8.32. The molecular weight excluding hydrogens is 255 g/mol. The van der Waals surface area contributed by atoms with E-state index in [1.807, 2.05) is 0 Å². The van der Waals surface area contributed by atoms with Crippen molar-refractivity contribution in [2.45, 2.75) is 37.6 Å². The van der Waals surface area contributed by atoms with Crippen LogP contribution in [-0.2, 0) is 6.18 Å². The molecule has 1 aromatic heterocycles. The van der Waals surface area contributed by atoms with E-state index >= 15 is 0 Å². The molecule has 100 valence electrons. The second-order valence-electron chi connectivity index (χ2n) is 4.10. The number of carboxylic acid groups (broad SMARTS) is 1. The van der Waals surface area contributed by atoms with Crippen LogP contribution in [0.2, 0.25) is 0 Å². The first-order valence-corrected chi connectivity index (χ1v) is 5.26. The molecule has 1 aliphatic carbocycles. The maximum Gasteiger partial charge on any atom is 0.435 e. The van der Waals surface area contributed by atoms with E-state index < -0.39 is 35.7 Å². The molecule has 2 atom stereocenters. The van der Waals surface area contributed by atoms with E-state index in [4.69, 9.17) is 5.11 Å². The number of alkyl halides is 3. The van der Waals surface area contributed by atoms with Crippen LogP contribution in [0.3, 0.4) is 0 Å². The number of aliphatic hydroxyl groups is 1. The van der Waals surface area contributed by atoms with Gasteiger partial charge in [0.1, 0.15) is 0 Å². The number of carboxylic acids is 1. The van der Waals surface area contributed by atoms with Crippen LogP contribution < -0.4 is 0 Å². The largest absolute Gasteiger partial charge is 0.476 e. The minimum atomic E-state index is -4.88. The maximum absolute atomic E-state index is 12.8. The van der Waals surface area contributed by atoms with E-state index in [2.05, 4.69) is 10.3 Å². The smallest absolute Gasteiger partial charge is 0.435 e. The standard InChI is InChI=1S/C9H10F3N3O3/c10-9(11,12)7-6(8(17)18)13-14-15(7)4-2-1-3-5(4)16/h4-5,16H,1-3H2,(H,17,18). The highest BCUT2D eigenvalue weighted by molar-refractivity contribution is 5.86. The Hall–Kier alpha value is -1.64. The summed E-state index contributed by atoms with van der Waals surface area (Å²) in [6.45, 7) is 0. The third-order valence-corrected chi connectivity index (χ3v) is 2.92. The molecule has 0 saturated heterocycles. The third kappa shape index (κ3) is 2.05. The van der Waals surface area contributed by atoms with Crippen molar-refractivity contribution in [2.24, 2.45) is 0 Å². The van der Waals surface area contributed by atoms with E-state index in [0.29, 0.717) is 23.9 Å². The fourth-order valence-corrected chi connectivity index (χ4v) is 2.14. The zero-order valence-electron chi connectivity index (χ0n) is 9.05. The average molecular weight is 265 g/mol. The van der Waals surface area contributed by atoms with Crippen LogP contribution >= 0.6 is 0 Å². The molecule has 18 heavy (non-hydrogen) atoms. The number of nitrogens with zero attached hydrogens (tertiary/aromatic N) is 3. The van der Waals surface area contributed by atoms with Crippen molar-refractivity contribution in [3.05, 3.63) is 11.4 Å². The fraction of sp³-hybridized carbons (Fsp3) is 0.667. The summed E-state index contributed by atoms with van der Waals surface area (Å²) in [5.74, 6) is -1.79. The van der Waals surface area contributed by atoms with Crippen LogP contribution in [-0.4, -0.2) is 37.3 Å². The van der Waals surface area contributed by atoms with Crippen LogP contribution in [0.15, 0.2) is 0 Å². The van der Waals surface area contributed by atoms with Crippen LogP contribution in [0.5, 0.6) is 0 Å². The van der Waals surface area contributed by atoms with Crippen LogP contribution in [0.25, 0.3) is 0 Å². The summed E-state index contributed by atoms with van der Waals surface area (Å²) >= 11 is 0. The Morgan fingerprint density at radius 3 is 2.50 bits per heavy atom. The van der Waals surface area contributed by atoms with Gasteiger partial charge in [0.15, 0.2) is 5.69 Å². The molecule has 1 fully saturated rings. The highest BCUT2D eigenvalue weighted by atomic mass is 19.4. The zero-order chi connectivity index (χ0) is 13.5. The lowest BCUT2D eigenvalue weighted by molar-refractivity contribution is -0.146. The van der Waals surface area contributed by atoms with Crippen LogP contribution in [0, 0.1) is 0 Å². The minimum Gasteiger partial charge on any atom is -0.476 e. The zero-order valence-corrected chi connectivity index (χ0v) is 9.05. The molecular formula is C9H10F3N3O3. The van der Waals surface area contributed by atoms with Crippen molar-refractivity contribution in [3.8, 4) is 0 Å². The molecule has 1 aliphatic rings. The van der Waals surface area contributed by atoms with Crippen LogP contribution in [0.1, 0.15) is 41.5 Å². The van der Waals surface area contributed by atoms with Gasteiger partial charge in [-0.2, -0.15) is 13.2 Å². The van der Waals surface area contributed by atoms with Crippen molar-refractivity contribution in [2.75, 3.05) is 0 Å². The molecule has 0 radical (unpaired) electrons. The highest BCUT2D eigenvalue weighted by Crippen LogP contribution is 2.37. The Bertz CT molecular complexity index is 471. The number of aromatic carboxylic acids is 1. The summed E-state index contributed by atoms with van der Waals surface area (Å²) in [6.07, 6.45) is -4.60. The first-order valence-electron chi connectivity index (χ1n) is 5.26. The topological polar surface area (TPSA) is 88.2 Å². The molecule has 0 aliphatic heterocycles. The summed E-state index contributed by atoms with van der Waals surface area (Å²) in [7, 11) is 0. The molecule has 1 saturated carbocycles. The Morgan fingerprint density at radius 1 is 1.39 bits per heavy atom. The maximum atomic E-state index is 12.8. The lowest BCUT2D eigenvalue weighted by Gasteiger charge is -2.18. The molecule has 2 rings (SSSR count). The number of halogens is 3. The second-order valence-corrected chi connectivity index (χ2v) is 4.10. The molecule has 0 bridgehead atoms. The number of hydrogen-bond acceptors (Lipinski definition) is 4. The fourth-order valence-electron chi connectivity index (χ4n) is 2.14. The summed E-state index contributed by atoms with van der Waals surface area (Å²) in [5.41, 5.74) is -2.55. The van der Waals surface area contributed by atoms with E-state index in [9.17, 15) is 23.1 Å². The minimum absolute atomic E-state index is 0.312. The normalized spacial score (nSPS) is 24.4. The average Bonchev–Trinajstić information content (AvgIpc) is 2.80. The summed E-state index contributed by atoms with van der Waals surface area (Å²) in [6, 6.07) is -0.873. The van der Waals surface area contributed by atoms with E-state index in [-0.39, 0.29) is 0 Å². The van der Waals surface area contributed by atoms with Gasteiger partial charge in [0.25, 0.3) is 0 Å². The van der Waals surface area contributed by atoms with Gasteiger partial charge < -0.3 is 10.2 Å². The third-order valence-electron chi connectivity index (χ3n) is 2.92. The number of carbonyl (C=O) groups is 1. The summed E-state index contributed by atoms with van der Waals surface area (Å²) < 4.78 is 39.0. The molecule has 6 nitrogen and oxygen atoms in total. The number of rotatable bonds is 2. The van der Waals surface area contributed by atoms with E-state index in [1.54, 1.807) is 0 Å². The van der Waals surface area contributed by atoms with Gasteiger partial charge in [-0.05, 0) is 19.3 Å². The van der Waals surface area contributed by atoms with Gasteiger partial charge in [-0.25, -0.2) is 9.48 Å². The van der Waals surface area contributed by atoms with Crippen molar-refractivity contribution in [1.29, 1.82) is 0 Å². The predicted octanol–water partition coefficient (Wildman–Crippen LogP) is 1.08. The molecule has 1 aromatic rings. The lowest BCUT2D eigenvalue weighted by Crippen LogP contribution is -2.26. The number of aromatic nitrogens is 3. The van der Waals surface area contributed by atoms with Crippen molar-refractivity contribution in [3.63, 3.8) is 0 Å². The molecule has 2 N–H and O–H groups in total. The molecule has 0 amide bonds. The first kappa shape index (κ1) is 12.8. The van der Waals surface area contributed by atoms with Gasteiger partial charge in [-0.3, -0.25) is 0 Å². The van der Waals surface area contributed by atoms with Gasteiger partial charge in [0, 0.05) is 0 Å². The second kappa shape index (κ2) is 4.23. The van der Waals surface area contributed by atoms with Crippen molar-refractivity contribution >= 4 is 5.97 Å². The summed E-state index contributed by atoms with van der Waals surface area (Å²) in [4.78, 5) is 10.7. The van der Waals surface area contributed by atoms with E-state index in [0.717, 1.165) is 0 Å². The molecule has 2 unspecified atom stereocenters. The Labute approximate surface area is 99.0 Å². The van der Waals surface area contributed by atoms with Gasteiger partial charge in [-0.1, -0.05) is 5.21 Å². The van der Waals surface area contributed by atoms with E-state index in [1.165, 1.54) is 0 Å². The number of hydrogen-bond donors (Lipinski definition) is 2. The van der Waals surface area contributed by atoms with Gasteiger partial charge in [-0.15, -0.1) is 5.10 Å². The Balaban J connectivity index is 2.51. The molecule has 0 spiro atoms. The van der Waals surface area contributed by atoms with Gasteiger partial charge >= 0.3 is 12.1 Å². The number of aliphatic hydroxyl groups excluding tert-OH is 1. The Kier molecular flexibility index (Phi) is 3.01. The summed E-state index contributed by atoms with van der Waals surface area (Å²) in [5, 5.41) is 24.5. The van der Waals surface area contributed by atoms with Gasteiger partial charge in [0.2, 0.25) is 5.69 Å². The van der Waals surface area contributed by atoms with Crippen LogP contribution in [0.4, 0.5) is 13.2 Å². The molecule has 9 heteroatoms. The lowest BCUT2D eigenvalue weighted by atomic mass is 10.2. The van der Waals surface area contributed by atoms with Crippen molar-refractivity contribution < 1.29 is 28.2 Å². The van der Waals surface area contributed by atoms with Crippen molar-refractivity contribution in [1.82, 2.24) is 15.0 Å². The monoisotopic (exact) mass is 265 g/mol. The Morgan fingerprint density at radius 2 is 2.06 bits per heavy atom. The SMILES string of the molecule is O=C(O)c1nnn(C2CCCC2O)c1C(F)(F)F. The van der Waals surface area contributed by atoms with Gasteiger partial charge in [0.05, 0.1) is 12.1 Å².